The highest BCUT2D eigenvalue weighted by atomic mass is 16.6. The highest BCUT2D eigenvalue weighted by Gasteiger charge is 2.40. The van der Waals surface area contributed by atoms with Crippen molar-refractivity contribution in [3.05, 3.63) is 53.6 Å². The lowest BCUT2D eigenvalue weighted by molar-refractivity contribution is -0.0227. The van der Waals surface area contributed by atoms with Crippen LogP contribution in [0.15, 0.2) is 42.5 Å². The van der Waals surface area contributed by atoms with E-state index in [1.807, 2.05) is 63.8 Å². The summed E-state index contributed by atoms with van der Waals surface area (Å²) < 4.78 is 33.8. The molecule has 2 unspecified atom stereocenters. The first kappa shape index (κ1) is 35.0. The molecule has 0 N–H and O–H groups in total. The highest BCUT2D eigenvalue weighted by Crippen LogP contribution is 2.32. The summed E-state index contributed by atoms with van der Waals surface area (Å²) in [4.78, 5) is 31.0. The summed E-state index contributed by atoms with van der Waals surface area (Å²) in [5.41, 5.74) is 0.853. The number of benzene rings is 2. The first-order valence-corrected chi connectivity index (χ1v) is 15.3. The Morgan fingerprint density at radius 3 is 2.43 bits per heavy atom. The molecule has 1 heterocycles. The van der Waals surface area contributed by atoms with Gasteiger partial charge >= 0.3 is 6.09 Å². The van der Waals surface area contributed by atoms with Gasteiger partial charge in [-0.05, 0) is 76.9 Å². The minimum absolute atomic E-state index is 0.00587. The lowest BCUT2D eigenvalue weighted by Gasteiger charge is -2.45. The first-order valence-electron chi connectivity index (χ1n) is 15.3. The lowest BCUT2D eigenvalue weighted by Crippen LogP contribution is -2.59. The van der Waals surface area contributed by atoms with E-state index in [4.69, 9.17) is 28.4 Å². The number of rotatable bonds is 14. The van der Waals surface area contributed by atoms with E-state index in [-0.39, 0.29) is 30.0 Å². The van der Waals surface area contributed by atoms with Crippen LogP contribution >= 0.6 is 0 Å². The maximum atomic E-state index is 14.3. The van der Waals surface area contributed by atoms with Crippen molar-refractivity contribution < 1.29 is 38.0 Å². The molecule has 0 aliphatic carbocycles. The molecule has 1 aliphatic rings. The van der Waals surface area contributed by atoms with Crippen LogP contribution in [-0.4, -0.2) is 93.7 Å². The molecule has 10 heteroatoms. The van der Waals surface area contributed by atoms with Crippen molar-refractivity contribution in [2.24, 2.45) is 5.92 Å². The van der Waals surface area contributed by atoms with Crippen LogP contribution in [0.25, 0.3) is 0 Å². The van der Waals surface area contributed by atoms with E-state index in [9.17, 15) is 9.59 Å². The Morgan fingerprint density at radius 1 is 1.00 bits per heavy atom. The Bertz CT molecular complexity index is 1210. The molecule has 2 aromatic carbocycles. The second kappa shape index (κ2) is 16.5. The van der Waals surface area contributed by atoms with Gasteiger partial charge in [0, 0.05) is 50.8 Å². The Labute approximate surface area is 262 Å². The van der Waals surface area contributed by atoms with E-state index in [1.165, 1.54) is 0 Å². The molecule has 0 aromatic heterocycles. The molecule has 244 valence electrons. The number of hydrogen-bond acceptors (Lipinski definition) is 8. The van der Waals surface area contributed by atoms with E-state index in [1.54, 1.807) is 44.4 Å². The molecule has 44 heavy (non-hydrogen) atoms. The van der Waals surface area contributed by atoms with Gasteiger partial charge in [0.25, 0.3) is 5.91 Å². The number of methoxy groups -OCH3 is 3. The summed E-state index contributed by atoms with van der Waals surface area (Å²) in [6.07, 6.45) is 0.982. The molecule has 1 fully saturated rings. The minimum atomic E-state index is -0.625. The van der Waals surface area contributed by atoms with E-state index in [2.05, 4.69) is 0 Å². The summed E-state index contributed by atoms with van der Waals surface area (Å²) in [5.74, 6) is 1.66. The predicted octanol–water partition coefficient (Wildman–Crippen LogP) is 5.81. The molecule has 2 amide bonds. The smallest absolute Gasteiger partial charge is 0.410 e. The van der Waals surface area contributed by atoms with Gasteiger partial charge in [0.1, 0.15) is 11.4 Å². The quantitative estimate of drug-likeness (QED) is 0.246. The van der Waals surface area contributed by atoms with Crippen molar-refractivity contribution >= 4 is 12.0 Å². The molecule has 0 radical (unpaired) electrons. The summed E-state index contributed by atoms with van der Waals surface area (Å²) in [7, 11) is 4.86. The number of carbonyl (C=O) groups excluding carboxylic acids is 2. The number of hydrogen-bond donors (Lipinski definition) is 0. The minimum Gasteiger partial charge on any atom is -0.497 e. The van der Waals surface area contributed by atoms with Gasteiger partial charge in [-0.25, -0.2) is 4.79 Å². The Kier molecular flexibility index (Phi) is 13.1. The van der Waals surface area contributed by atoms with Crippen LogP contribution in [-0.2, 0) is 20.8 Å². The third-order valence-electron chi connectivity index (χ3n) is 7.42. The summed E-state index contributed by atoms with van der Waals surface area (Å²) in [5, 5.41) is 0. The molecular formula is C34H50N2O8. The summed E-state index contributed by atoms with van der Waals surface area (Å²) in [6, 6.07) is 12.5. The van der Waals surface area contributed by atoms with E-state index in [0.717, 1.165) is 11.3 Å². The molecule has 1 saturated heterocycles. The average molecular weight is 615 g/mol. The zero-order valence-corrected chi connectivity index (χ0v) is 27.6. The second-order valence-corrected chi connectivity index (χ2v) is 12.3. The maximum absolute atomic E-state index is 14.3. The fourth-order valence-corrected chi connectivity index (χ4v) is 5.30. The van der Waals surface area contributed by atoms with E-state index in [0.29, 0.717) is 69.4 Å². The van der Waals surface area contributed by atoms with Gasteiger partial charge in [0.2, 0.25) is 0 Å². The molecule has 3 rings (SSSR count). The number of piperidine rings is 1. The second-order valence-electron chi connectivity index (χ2n) is 12.3. The van der Waals surface area contributed by atoms with E-state index < -0.39 is 5.60 Å². The fourth-order valence-electron chi connectivity index (χ4n) is 5.30. The summed E-state index contributed by atoms with van der Waals surface area (Å²) >= 11 is 0. The maximum Gasteiger partial charge on any atom is 0.410 e. The van der Waals surface area contributed by atoms with Crippen LogP contribution in [0.4, 0.5) is 4.79 Å². The fraction of sp³-hybridized carbons (Fsp3) is 0.588. The number of ether oxygens (including phenoxy) is 6. The Balaban J connectivity index is 1.87. The average Bonchev–Trinajstić information content (AvgIpc) is 2.99. The van der Waals surface area contributed by atoms with Crippen LogP contribution in [0, 0.1) is 5.92 Å². The Morgan fingerprint density at radius 2 is 1.77 bits per heavy atom. The third kappa shape index (κ3) is 10.0. The molecule has 2 atom stereocenters. The highest BCUT2D eigenvalue weighted by molar-refractivity contribution is 5.95. The van der Waals surface area contributed by atoms with Gasteiger partial charge in [0.05, 0.1) is 40.1 Å². The van der Waals surface area contributed by atoms with Gasteiger partial charge in [-0.1, -0.05) is 12.1 Å². The zero-order valence-electron chi connectivity index (χ0n) is 27.6. The molecule has 2 aromatic rings. The van der Waals surface area contributed by atoms with Crippen molar-refractivity contribution in [3.63, 3.8) is 0 Å². The van der Waals surface area contributed by atoms with Crippen LogP contribution in [0.1, 0.15) is 63.4 Å². The van der Waals surface area contributed by atoms with Gasteiger partial charge in [-0.15, -0.1) is 0 Å². The van der Waals surface area contributed by atoms with Crippen LogP contribution < -0.4 is 14.2 Å². The normalized spacial score (nSPS) is 16.9. The van der Waals surface area contributed by atoms with Gasteiger partial charge in [-0.2, -0.15) is 0 Å². The summed E-state index contributed by atoms with van der Waals surface area (Å²) in [6.45, 7) is 12.2. The van der Waals surface area contributed by atoms with E-state index >= 15 is 0 Å². The molecule has 0 bridgehead atoms. The third-order valence-corrected chi connectivity index (χ3v) is 7.42. The number of carbonyl (C=O) groups is 2. The number of nitrogens with zero attached hydrogens (tertiary/aromatic N) is 2. The largest absolute Gasteiger partial charge is 0.497 e. The van der Waals surface area contributed by atoms with Gasteiger partial charge < -0.3 is 38.2 Å². The van der Waals surface area contributed by atoms with Gasteiger partial charge in [-0.3, -0.25) is 4.79 Å². The van der Waals surface area contributed by atoms with Gasteiger partial charge in [0.15, 0.2) is 11.5 Å². The number of likely N-dealkylation sites (tertiary alicyclic amines) is 1. The first-order chi connectivity index (χ1) is 21.0. The standard InChI is InChI=1S/C34H50N2O8/c1-24(2)36(32(37)26-13-14-30(41-8)31(20-26)43-18-10-17-39-6)29-21-35(33(38)44-34(3,4)5)16-15-27(29)23-42-22-25-11-9-12-28(19-25)40-7/h9,11-14,19-20,24,27,29H,10,15-18,21-23H2,1-8H3. The number of amides is 2. The van der Waals surface area contributed by atoms with Crippen LogP contribution in [0.2, 0.25) is 0 Å². The van der Waals surface area contributed by atoms with Crippen molar-refractivity contribution in [1.82, 2.24) is 9.80 Å². The lowest BCUT2D eigenvalue weighted by atomic mass is 9.89. The van der Waals surface area contributed by atoms with Crippen LogP contribution in [0.3, 0.4) is 0 Å². The Hall–Kier alpha value is -3.50. The molecule has 0 spiro atoms. The topological polar surface area (TPSA) is 96.0 Å². The monoisotopic (exact) mass is 614 g/mol. The SMILES string of the molecule is COCCCOc1cc(C(=O)N(C(C)C)C2CN(C(=O)OC(C)(C)C)CCC2COCc2cccc(OC)c2)ccc1OC. The molecule has 1 aliphatic heterocycles. The van der Waals surface area contributed by atoms with Crippen molar-refractivity contribution in [2.75, 3.05) is 54.2 Å². The molecule has 0 saturated carbocycles. The molecular weight excluding hydrogens is 564 g/mol. The zero-order chi connectivity index (χ0) is 32.3. The van der Waals surface area contributed by atoms with Crippen molar-refractivity contribution in [3.8, 4) is 17.2 Å². The van der Waals surface area contributed by atoms with Crippen molar-refractivity contribution in [1.29, 1.82) is 0 Å². The predicted molar refractivity (Wildman–Crippen MR) is 169 cm³/mol. The molecule has 10 nitrogen and oxygen atoms in total. The van der Waals surface area contributed by atoms with Crippen molar-refractivity contribution in [2.45, 2.75) is 71.8 Å². The van der Waals surface area contributed by atoms with Crippen LogP contribution in [0.5, 0.6) is 17.2 Å².